The molecule has 2 rings (SSSR count). The first kappa shape index (κ1) is 16.2. The Bertz CT molecular complexity index is 456. The Balaban J connectivity index is 2.16. The number of rotatable bonds is 4. The third-order valence-electron chi connectivity index (χ3n) is 5.53. The zero-order valence-electron chi connectivity index (χ0n) is 13.1. The predicted molar refractivity (Wildman–Crippen MR) is 80.7 cm³/mol. The monoisotopic (exact) mass is 294 g/mol. The maximum absolute atomic E-state index is 10.9. The minimum absolute atomic E-state index is 0.0741. The molecule has 2 aliphatic carbocycles. The summed E-state index contributed by atoms with van der Waals surface area (Å²) in [6, 6.07) is 0. The van der Waals surface area contributed by atoms with Crippen molar-refractivity contribution in [2.45, 2.75) is 58.0 Å². The van der Waals surface area contributed by atoms with Gasteiger partial charge in [-0.25, -0.2) is 4.89 Å². The lowest BCUT2D eigenvalue weighted by Crippen LogP contribution is -2.55. The second-order valence-electron chi connectivity index (χ2n) is 6.81. The Hall–Kier alpha value is -1.13. The molecule has 3 unspecified atom stereocenters. The van der Waals surface area contributed by atoms with Gasteiger partial charge in [-0.05, 0) is 55.6 Å². The normalized spacial score (nSPS) is 36.0. The molecular formula is C17H26O4. The summed E-state index contributed by atoms with van der Waals surface area (Å²) in [6.45, 7) is 12.0. The summed E-state index contributed by atoms with van der Waals surface area (Å²) in [6.07, 6.45) is 5.62. The third-order valence-corrected chi connectivity index (χ3v) is 5.53. The van der Waals surface area contributed by atoms with Crippen molar-refractivity contribution in [1.29, 1.82) is 0 Å². The average molecular weight is 294 g/mol. The zero-order chi connectivity index (χ0) is 15.7. The molecular weight excluding hydrogens is 268 g/mol. The van der Waals surface area contributed by atoms with E-state index in [1.54, 1.807) is 0 Å². The summed E-state index contributed by atoms with van der Waals surface area (Å²) < 4.78 is 5.05. The van der Waals surface area contributed by atoms with Crippen molar-refractivity contribution < 1.29 is 19.7 Å². The highest BCUT2D eigenvalue weighted by molar-refractivity contribution is 5.66. The van der Waals surface area contributed by atoms with Gasteiger partial charge in [-0.3, -0.25) is 10.1 Å². The molecule has 0 radical (unpaired) electrons. The Morgan fingerprint density at radius 1 is 1.48 bits per heavy atom. The number of carbonyl (C=O) groups is 1. The number of esters is 1. The van der Waals surface area contributed by atoms with E-state index < -0.39 is 5.60 Å². The summed E-state index contributed by atoms with van der Waals surface area (Å²) in [4.78, 5) is 16.0. The highest BCUT2D eigenvalue weighted by Gasteiger charge is 2.57. The van der Waals surface area contributed by atoms with Gasteiger partial charge in [-0.2, -0.15) is 0 Å². The molecule has 3 atom stereocenters. The fraction of sp³-hybridized carbons (Fsp3) is 0.706. The van der Waals surface area contributed by atoms with E-state index in [0.717, 1.165) is 43.3 Å². The zero-order valence-corrected chi connectivity index (χ0v) is 13.1. The van der Waals surface area contributed by atoms with Crippen LogP contribution in [0.25, 0.3) is 0 Å². The van der Waals surface area contributed by atoms with Crippen LogP contribution in [0.1, 0.15) is 52.4 Å². The average Bonchev–Trinajstić information content (AvgIpc) is 2.44. The Morgan fingerprint density at radius 2 is 2.19 bits per heavy atom. The van der Waals surface area contributed by atoms with E-state index in [4.69, 9.17) is 9.62 Å². The number of ether oxygens (including phenoxy) is 1. The van der Waals surface area contributed by atoms with Gasteiger partial charge in [0.1, 0.15) is 12.2 Å². The maximum Gasteiger partial charge on any atom is 0.302 e. The molecule has 0 amide bonds. The molecule has 2 aliphatic rings. The quantitative estimate of drug-likeness (QED) is 0.370. The summed E-state index contributed by atoms with van der Waals surface area (Å²) in [7, 11) is 0. The van der Waals surface area contributed by atoms with Gasteiger partial charge in [0.2, 0.25) is 0 Å². The van der Waals surface area contributed by atoms with E-state index in [-0.39, 0.29) is 23.9 Å². The highest BCUT2D eigenvalue weighted by atomic mass is 17.1. The molecule has 2 fully saturated rings. The fourth-order valence-electron chi connectivity index (χ4n) is 4.05. The first-order valence-corrected chi connectivity index (χ1v) is 7.66. The third kappa shape index (κ3) is 2.79. The van der Waals surface area contributed by atoms with Gasteiger partial charge in [-0.1, -0.05) is 20.1 Å². The van der Waals surface area contributed by atoms with Gasteiger partial charge in [-0.15, -0.1) is 0 Å². The summed E-state index contributed by atoms with van der Waals surface area (Å²) in [5.41, 5.74) is 1.11. The van der Waals surface area contributed by atoms with Crippen molar-refractivity contribution in [3.05, 3.63) is 24.3 Å². The lowest BCUT2D eigenvalue weighted by molar-refractivity contribution is -0.354. The molecule has 4 heteroatoms. The first-order valence-electron chi connectivity index (χ1n) is 7.66. The highest BCUT2D eigenvalue weighted by Crippen LogP contribution is 2.58. The van der Waals surface area contributed by atoms with Gasteiger partial charge >= 0.3 is 5.97 Å². The number of carbonyl (C=O) groups excluding carboxylic acids is 1. The smallest absolute Gasteiger partial charge is 0.302 e. The number of hydrogen-bond acceptors (Lipinski definition) is 4. The molecule has 21 heavy (non-hydrogen) atoms. The standard InChI is InChI=1S/C17H26O4/c1-12(11-20-14(3)18)15-7-9-16(4)8-5-6-13(2)17(16,10-15)21-19/h15,19H,1-2,5-11H2,3-4H3. The molecule has 118 valence electrons. The van der Waals surface area contributed by atoms with Crippen molar-refractivity contribution in [3.8, 4) is 0 Å². The minimum atomic E-state index is -0.687. The molecule has 1 N–H and O–H groups in total. The summed E-state index contributed by atoms with van der Waals surface area (Å²) in [5, 5.41) is 9.65. The van der Waals surface area contributed by atoms with Crippen molar-refractivity contribution >= 4 is 5.97 Å². The van der Waals surface area contributed by atoms with E-state index in [1.165, 1.54) is 6.92 Å². The van der Waals surface area contributed by atoms with Gasteiger partial charge < -0.3 is 4.74 Å². The number of fused-ring (bicyclic) bond motifs is 1. The van der Waals surface area contributed by atoms with Crippen molar-refractivity contribution in [2.24, 2.45) is 11.3 Å². The van der Waals surface area contributed by atoms with E-state index in [0.29, 0.717) is 6.42 Å². The Kier molecular flexibility index (Phi) is 4.59. The molecule has 2 saturated carbocycles. The largest absolute Gasteiger partial charge is 0.461 e. The second kappa shape index (κ2) is 5.93. The van der Waals surface area contributed by atoms with Crippen molar-refractivity contribution in [1.82, 2.24) is 0 Å². The van der Waals surface area contributed by atoms with Crippen LogP contribution in [-0.2, 0) is 14.4 Å². The van der Waals surface area contributed by atoms with Gasteiger partial charge in [0.15, 0.2) is 0 Å². The minimum Gasteiger partial charge on any atom is -0.461 e. The Labute approximate surface area is 126 Å². The molecule has 0 aromatic carbocycles. The summed E-state index contributed by atoms with van der Waals surface area (Å²) >= 11 is 0. The van der Waals surface area contributed by atoms with Crippen LogP contribution in [0.2, 0.25) is 0 Å². The van der Waals surface area contributed by atoms with E-state index in [9.17, 15) is 10.1 Å². The van der Waals surface area contributed by atoms with Crippen LogP contribution in [0.4, 0.5) is 0 Å². The van der Waals surface area contributed by atoms with Crippen molar-refractivity contribution in [2.75, 3.05) is 6.61 Å². The summed E-state index contributed by atoms with van der Waals surface area (Å²) in [5.74, 6) is -0.119. The molecule has 0 aromatic rings. The van der Waals surface area contributed by atoms with Crippen LogP contribution in [0, 0.1) is 11.3 Å². The fourth-order valence-corrected chi connectivity index (χ4v) is 4.05. The predicted octanol–water partition coefficient (Wildman–Crippen LogP) is 3.88. The van der Waals surface area contributed by atoms with Crippen LogP contribution < -0.4 is 0 Å². The second-order valence-corrected chi connectivity index (χ2v) is 6.81. The lowest BCUT2D eigenvalue weighted by Gasteiger charge is -2.55. The molecule has 4 nitrogen and oxygen atoms in total. The van der Waals surface area contributed by atoms with Crippen LogP contribution in [0.15, 0.2) is 24.3 Å². The van der Waals surface area contributed by atoms with E-state index >= 15 is 0 Å². The van der Waals surface area contributed by atoms with Crippen LogP contribution in [-0.4, -0.2) is 23.4 Å². The van der Waals surface area contributed by atoms with Crippen LogP contribution >= 0.6 is 0 Å². The first-order chi connectivity index (χ1) is 9.84. The SMILES string of the molecule is C=C(COC(C)=O)C1CCC2(C)CCCC(=C)C2(OO)C1. The van der Waals surface area contributed by atoms with Crippen LogP contribution in [0.5, 0.6) is 0 Å². The lowest BCUT2D eigenvalue weighted by atomic mass is 9.53. The molecule has 0 spiro atoms. The molecule has 0 heterocycles. The topological polar surface area (TPSA) is 55.8 Å². The van der Waals surface area contributed by atoms with Crippen LogP contribution in [0.3, 0.4) is 0 Å². The van der Waals surface area contributed by atoms with Gasteiger partial charge in [0, 0.05) is 12.3 Å². The molecule has 0 bridgehead atoms. The van der Waals surface area contributed by atoms with Gasteiger partial charge in [0.25, 0.3) is 0 Å². The van der Waals surface area contributed by atoms with Crippen molar-refractivity contribution in [3.63, 3.8) is 0 Å². The molecule has 0 aliphatic heterocycles. The van der Waals surface area contributed by atoms with E-state index in [2.05, 4.69) is 20.1 Å². The number of hydrogen-bond donors (Lipinski definition) is 1. The Morgan fingerprint density at radius 3 is 2.81 bits per heavy atom. The maximum atomic E-state index is 10.9. The molecule has 0 saturated heterocycles. The molecule has 0 aromatic heterocycles. The van der Waals surface area contributed by atoms with E-state index in [1.807, 2.05) is 0 Å². The van der Waals surface area contributed by atoms with Gasteiger partial charge in [0.05, 0.1) is 0 Å².